The van der Waals surface area contributed by atoms with Crippen molar-refractivity contribution in [2.45, 2.75) is 17.9 Å². The molecule has 4 N–H and O–H groups in total. The molecule has 28 heavy (non-hydrogen) atoms. The highest BCUT2D eigenvalue weighted by molar-refractivity contribution is 7.98. The molecule has 0 saturated carbocycles. The number of phenolic OH excluding ortho intramolecular Hbond substituents is 1. The summed E-state index contributed by atoms with van der Waals surface area (Å²) in [6.45, 7) is 1.76. The quantitative estimate of drug-likeness (QED) is 0.240. The number of carbonyl (C=O) groups excluding carboxylic acids is 2. The van der Waals surface area contributed by atoms with E-state index in [4.69, 9.17) is 9.94 Å². The molecular formula is C20H22N2O5S. The zero-order valence-electron chi connectivity index (χ0n) is 15.5. The Morgan fingerprint density at radius 2 is 1.75 bits per heavy atom. The van der Waals surface area contributed by atoms with Gasteiger partial charge in [0.15, 0.2) is 0 Å². The van der Waals surface area contributed by atoms with E-state index in [0.29, 0.717) is 11.3 Å². The zero-order chi connectivity index (χ0) is 20.5. The van der Waals surface area contributed by atoms with Crippen LogP contribution < -0.4 is 10.8 Å². The molecule has 2 aromatic rings. The number of ether oxygens (including phenoxy) is 1. The first kappa shape index (κ1) is 21.3. The topological polar surface area (TPSA) is 108 Å². The van der Waals surface area contributed by atoms with Crippen LogP contribution in [0.15, 0.2) is 65.6 Å². The van der Waals surface area contributed by atoms with Crippen LogP contribution in [0.2, 0.25) is 0 Å². The summed E-state index contributed by atoms with van der Waals surface area (Å²) in [4.78, 5) is 24.7. The predicted octanol–water partition coefficient (Wildman–Crippen LogP) is 4.10. The number of aromatic hydroxyl groups is 1. The van der Waals surface area contributed by atoms with Crippen molar-refractivity contribution in [2.24, 2.45) is 5.92 Å². The number of nitrogens with one attached hydrogen (secondary N) is 2. The van der Waals surface area contributed by atoms with Gasteiger partial charge in [-0.2, -0.15) is 0 Å². The van der Waals surface area contributed by atoms with Gasteiger partial charge in [0.2, 0.25) is 0 Å². The van der Waals surface area contributed by atoms with Gasteiger partial charge in [-0.3, -0.25) is 15.3 Å². The van der Waals surface area contributed by atoms with Crippen molar-refractivity contribution in [1.82, 2.24) is 5.48 Å². The van der Waals surface area contributed by atoms with E-state index in [-0.39, 0.29) is 11.7 Å². The molecule has 2 aromatic carbocycles. The van der Waals surface area contributed by atoms with Crippen LogP contribution >= 0.6 is 11.8 Å². The monoisotopic (exact) mass is 402 g/mol. The minimum absolute atomic E-state index is 0.0867. The van der Waals surface area contributed by atoms with Crippen LogP contribution in [0.25, 0.3) is 0 Å². The van der Waals surface area contributed by atoms with Gasteiger partial charge in [0.05, 0.1) is 0 Å². The van der Waals surface area contributed by atoms with Crippen LogP contribution in [0.5, 0.6) is 5.75 Å². The summed E-state index contributed by atoms with van der Waals surface area (Å²) >= 11 is 1.60. The van der Waals surface area contributed by atoms with E-state index in [2.05, 4.69) is 5.32 Å². The Kier molecular flexibility index (Phi) is 7.91. The van der Waals surface area contributed by atoms with Crippen LogP contribution in [0, 0.1) is 5.92 Å². The Morgan fingerprint density at radius 1 is 1.11 bits per heavy atom. The fourth-order valence-electron chi connectivity index (χ4n) is 2.46. The number of amides is 2. The second kappa shape index (κ2) is 10.4. The normalized spacial score (nSPS) is 13.0. The van der Waals surface area contributed by atoms with Gasteiger partial charge >= 0.3 is 6.09 Å². The first-order valence-electron chi connectivity index (χ1n) is 8.46. The van der Waals surface area contributed by atoms with Gasteiger partial charge < -0.3 is 9.84 Å². The predicted molar refractivity (Wildman–Crippen MR) is 107 cm³/mol. The average Bonchev–Trinajstić information content (AvgIpc) is 2.71. The molecule has 0 heterocycles. The van der Waals surface area contributed by atoms with Crippen molar-refractivity contribution in [3.63, 3.8) is 0 Å². The van der Waals surface area contributed by atoms with Crippen LogP contribution in [-0.2, 0) is 9.53 Å². The minimum atomic E-state index is -0.714. The third-order valence-electron chi connectivity index (χ3n) is 3.93. The maximum Gasteiger partial charge on any atom is 0.412 e. The zero-order valence-corrected chi connectivity index (χ0v) is 16.3. The van der Waals surface area contributed by atoms with Crippen molar-refractivity contribution < 1.29 is 24.6 Å². The molecule has 0 saturated heterocycles. The number of anilines is 1. The fourth-order valence-corrected chi connectivity index (χ4v) is 2.87. The molecule has 0 aliphatic carbocycles. The molecule has 8 heteroatoms. The van der Waals surface area contributed by atoms with Crippen molar-refractivity contribution in [2.75, 3.05) is 11.6 Å². The summed E-state index contributed by atoms with van der Waals surface area (Å²) < 4.78 is 5.58. The molecule has 0 radical (unpaired) electrons. The first-order chi connectivity index (χ1) is 13.4. The molecule has 2 atom stereocenters. The number of phenols is 1. The van der Waals surface area contributed by atoms with Gasteiger partial charge in [0.25, 0.3) is 5.91 Å². The van der Waals surface area contributed by atoms with E-state index >= 15 is 0 Å². The van der Waals surface area contributed by atoms with E-state index in [1.165, 1.54) is 23.7 Å². The number of hydrogen-bond donors (Lipinski definition) is 4. The number of thioether (sulfide) groups is 1. The van der Waals surface area contributed by atoms with E-state index < -0.39 is 18.1 Å². The standard InChI is InChI=1S/C20H22N2O5S/c1-13(3-12-18(24)22-26)19(14-4-8-16(23)9-5-14)27-20(25)21-15-6-10-17(28-2)11-7-15/h3-13,19,23,26H,1-2H3,(H,21,25)(H,22,24)/b12-3+/t13-,19+/m1/s1. The van der Waals surface area contributed by atoms with Crippen molar-refractivity contribution in [3.8, 4) is 5.75 Å². The van der Waals surface area contributed by atoms with E-state index in [1.54, 1.807) is 43.0 Å². The van der Waals surface area contributed by atoms with Crippen LogP contribution in [0.4, 0.5) is 10.5 Å². The molecule has 2 rings (SSSR count). The highest BCUT2D eigenvalue weighted by Gasteiger charge is 2.22. The molecule has 2 amide bonds. The molecule has 0 aliphatic heterocycles. The molecule has 0 fully saturated rings. The summed E-state index contributed by atoms with van der Waals surface area (Å²) in [5, 5.41) is 20.8. The highest BCUT2D eigenvalue weighted by atomic mass is 32.2. The second-order valence-corrected chi connectivity index (χ2v) is 6.84. The van der Waals surface area contributed by atoms with Gasteiger partial charge in [-0.05, 0) is 48.2 Å². The van der Waals surface area contributed by atoms with Crippen LogP contribution in [-0.4, -0.2) is 28.6 Å². The Morgan fingerprint density at radius 3 is 2.32 bits per heavy atom. The van der Waals surface area contributed by atoms with Crippen LogP contribution in [0.1, 0.15) is 18.6 Å². The third-order valence-corrected chi connectivity index (χ3v) is 4.67. The van der Waals surface area contributed by atoms with Gasteiger partial charge in [-0.1, -0.05) is 25.1 Å². The van der Waals surface area contributed by atoms with Gasteiger partial charge in [0, 0.05) is 22.6 Å². The molecule has 0 aliphatic rings. The van der Waals surface area contributed by atoms with Gasteiger partial charge in [-0.25, -0.2) is 10.3 Å². The van der Waals surface area contributed by atoms with Gasteiger partial charge in [-0.15, -0.1) is 11.8 Å². The molecule has 148 valence electrons. The fraction of sp³-hybridized carbons (Fsp3) is 0.200. The summed E-state index contributed by atoms with van der Waals surface area (Å²) in [6, 6.07) is 13.6. The van der Waals surface area contributed by atoms with E-state index in [9.17, 15) is 14.7 Å². The maximum atomic E-state index is 12.4. The van der Waals surface area contributed by atoms with Gasteiger partial charge in [0.1, 0.15) is 11.9 Å². The lowest BCUT2D eigenvalue weighted by Gasteiger charge is -2.23. The lowest BCUT2D eigenvalue weighted by Crippen LogP contribution is -2.22. The number of hydrogen-bond acceptors (Lipinski definition) is 6. The molecular weight excluding hydrogens is 380 g/mol. The second-order valence-electron chi connectivity index (χ2n) is 5.97. The van der Waals surface area contributed by atoms with Crippen molar-refractivity contribution in [1.29, 1.82) is 0 Å². The summed E-state index contributed by atoms with van der Waals surface area (Å²) in [7, 11) is 0. The Hall–Kier alpha value is -2.97. The molecule has 0 unspecified atom stereocenters. The van der Waals surface area contributed by atoms with E-state index in [1.807, 2.05) is 18.4 Å². The molecule has 0 bridgehead atoms. The van der Waals surface area contributed by atoms with E-state index in [0.717, 1.165) is 11.0 Å². The lowest BCUT2D eigenvalue weighted by molar-refractivity contribution is -0.124. The molecule has 7 nitrogen and oxygen atoms in total. The molecule has 0 aromatic heterocycles. The first-order valence-corrected chi connectivity index (χ1v) is 9.68. The SMILES string of the molecule is CSc1ccc(NC(=O)O[C@H](c2ccc(O)cc2)[C@H](C)/C=C/C(=O)NO)cc1. The Bertz CT molecular complexity index is 821. The summed E-state index contributed by atoms with van der Waals surface area (Å²) in [5.41, 5.74) is 2.75. The third kappa shape index (κ3) is 6.33. The minimum Gasteiger partial charge on any atom is -0.508 e. The average molecular weight is 402 g/mol. The smallest absolute Gasteiger partial charge is 0.412 e. The van der Waals surface area contributed by atoms with Crippen LogP contribution in [0.3, 0.4) is 0 Å². The Labute approximate surface area is 167 Å². The van der Waals surface area contributed by atoms with Crippen molar-refractivity contribution in [3.05, 3.63) is 66.2 Å². The maximum absolute atomic E-state index is 12.4. The number of rotatable bonds is 7. The summed E-state index contributed by atoms with van der Waals surface area (Å²) in [5.74, 6) is -0.982. The largest absolute Gasteiger partial charge is 0.508 e. The lowest BCUT2D eigenvalue weighted by atomic mass is 9.96. The number of benzene rings is 2. The van der Waals surface area contributed by atoms with Crippen molar-refractivity contribution >= 4 is 29.4 Å². The highest BCUT2D eigenvalue weighted by Crippen LogP contribution is 2.29. The summed E-state index contributed by atoms with van der Waals surface area (Å²) in [6.07, 6.45) is 3.27. The molecule has 0 spiro atoms. The number of hydroxylamine groups is 1. The Balaban J connectivity index is 2.15. The number of carbonyl (C=O) groups is 2.